The Morgan fingerprint density at radius 1 is 0.970 bits per heavy atom. The molecule has 1 saturated carbocycles. The number of hydrogen-bond acceptors (Lipinski definition) is 5. The Labute approximate surface area is 191 Å². The van der Waals surface area contributed by atoms with Gasteiger partial charge in [0.1, 0.15) is 11.6 Å². The average molecular weight is 450 g/mol. The summed E-state index contributed by atoms with van der Waals surface area (Å²) in [5, 5.41) is 22.7. The minimum Gasteiger partial charge on any atom is -0.385 e. The van der Waals surface area contributed by atoms with E-state index < -0.39 is 17.7 Å². The van der Waals surface area contributed by atoms with Crippen LogP contribution >= 0.6 is 0 Å². The van der Waals surface area contributed by atoms with Crippen LogP contribution in [0.2, 0.25) is 0 Å². The number of carbonyl (C=O) groups is 1. The fourth-order valence-electron chi connectivity index (χ4n) is 4.67. The lowest BCUT2D eigenvalue weighted by Crippen LogP contribution is -2.37. The molecule has 6 nitrogen and oxygen atoms in total. The fourth-order valence-corrected chi connectivity index (χ4v) is 4.67. The van der Waals surface area contributed by atoms with Crippen molar-refractivity contribution in [3.63, 3.8) is 0 Å². The van der Waals surface area contributed by atoms with Crippen molar-refractivity contribution in [3.05, 3.63) is 64.7 Å². The maximum atomic E-state index is 13.9. The maximum absolute atomic E-state index is 13.9. The molecule has 1 amide bonds. The van der Waals surface area contributed by atoms with Gasteiger partial charge in [-0.3, -0.25) is 9.63 Å². The van der Waals surface area contributed by atoms with Crippen LogP contribution in [0.25, 0.3) is 0 Å². The lowest BCUT2D eigenvalue weighted by atomic mass is 9.81. The summed E-state index contributed by atoms with van der Waals surface area (Å²) in [5.74, 6) is -0.900. The number of carbonyl (C=O) groups excluding carboxylic acids is 1. The highest BCUT2D eigenvalue weighted by Gasteiger charge is 2.37. The van der Waals surface area contributed by atoms with Crippen LogP contribution in [0.3, 0.4) is 0 Å². The van der Waals surface area contributed by atoms with E-state index in [1.54, 1.807) is 12.1 Å². The number of hydrogen-bond donors (Lipinski definition) is 1. The average Bonchev–Trinajstić information content (AvgIpc) is 3.32. The molecule has 2 aromatic carbocycles. The Morgan fingerprint density at radius 3 is 2.33 bits per heavy atom. The van der Waals surface area contributed by atoms with Crippen molar-refractivity contribution in [1.29, 1.82) is 10.5 Å². The number of hydroxylamine groups is 2. The third-order valence-corrected chi connectivity index (χ3v) is 6.37. The fraction of sp³-hybridized carbons (Fsp3) is 0.400. The normalized spacial score (nSPS) is 22.4. The molecule has 1 saturated heterocycles. The smallest absolute Gasteiger partial charge is 0.249 e. The zero-order chi connectivity index (χ0) is 23.4. The van der Waals surface area contributed by atoms with Crippen molar-refractivity contribution >= 4 is 11.6 Å². The molecule has 1 heterocycles. The van der Waals surface area contributed by atoms with Crippen LogP contribution in [-0.4, -0.2) is 24.1 Å². The second-order valence-electron chi connectivity index (χ2n) is 8.63. The van der Waals surface area contributed by atoms with Crippen LogP contribution in [0.15, 0.2) is 36.4 Å². The van der Waals surface area contributed by atoms with Crippen LogP contribution < -0.4 is 5.32 Å². The summed E-state index contributed by atoms with van der Waals surface area (Å²) in [5.41, 5.74) is 1.64. The molecule has 0 radical (unpaired) electrons. The first-order chi connectivity index (χ1) is 16.0. The van der Waals surface area contributed by atoms with E-state index >= 15 is 0 Å². The summed E-state index contributed by atoms with van der Waals surface area (Å²) >= 11 is 0. The van der Waals surface area contributed by atoms with E-state index in [1.165, 1.54) is 29.3 Å². The first-order valence-corrected chi connectivity index (χ1v) is 11.1. The lowest BCUT2D eigenvalue weighted by Gasteiger charge is -2.32. The Morgan fingerprint density at radius 2 is 1.64 bits per heavy atom. The number of halogens is 2. The predicted molar refractivity (Wildman–Crippen MR) is 116 cm³/mol. The highest BCUT2D eigenvalue weighted by atomic mass is 19.1. The minimum absolute atomic E-state index is 0.101. The van der Waals surface area contributed by atoms with E-state index in [1.807, 2.05) is 12.1 Å². The molecule has 0 unspecified atom stereocenters. The Balaban J connectivity index is 1.33. The molecular formula is C25H24F2N4O2. The summed E-state index contributed by atoms with van der Waals surface area (Å²) in [7, 11) is 0. The molecule has 170 valence electrons. The molecule has 0 aromatic heterocycles. The topological polar surface area (TPSA) is 89.2 Å². The number of nitrogens with one attached hydrogen (secondary N) is 1. The van der Waals surface area contributed by atoms with Gasteiger partial charge in [-0.05, 0) is 73.6 Å². The Hall–Kier alpha value is -3.49. The quantitative estimate of drug-likeness (QED) is 0.705. The van der Waals surface area contributed by atoms with E-state index in [4.69, 9.17) is 15.4 Å². The monoisotopic (exact) mass is 450 g/mol. The molecule has 1 N–H and O–H groups in total. The van der Waals surface area contributed by atoms with Crippen LogP contribution in [0.5, 0.6) is 0 Å². The van der Waals surface area contributed by atoms with Crippen molar-refractivity contribution in [1.82, 2.24) is 5.06 Å². The molecule has 33 heavy (non-hydrogen) atoms. The molecule has 1 aliphatic carbocycles. The van der Waals surface area contributed by atoms with Gasteiger partial charge >= 0.3 is 0 Å². The zero-order valence-electron chi connectivity index (χ0n) is 18.1. The Kier molecular flexibility index (Phi) is 6.86. The van der Waals surface area contributed by atoms with Gasteiger partial charge in [0.15, 0.2) is 0 Å². The van der Waals surface area contributed by atoms with Crippen molar-refractivity contribution in [3.8, 4) is 12.1 Å². The number of anilines is 1. The third kappa shape index (κ3) is 5.30. The lowest BCUT2D eigenvalue weighted by molar-refractivity contribution is -0.183. The molecule has 2 fully saturated rings. The van der Waals surface area contributed by atoms with Crippen LogP contribution in [0.4, 0.5) is 14.5 Å². The van der Waals surface area contributed by atoms with Crippen molar-refractivity contribution in [2.24, 2.45) is 11.8 Å². The molecule has 0 spiro atoms. The molecule has 1 aliphatic heterocycles. The van der Waals surface area contributed by atoms with Gasteiger partial charge < -0.3 is 5.32 Å². The minimum atomic E-state index is -0.503. The molecule has 1 atom stereocenters. The van der Waals surface area contributed by atoms with Gasteiger partial charge in [-0.15, -0.1) is 0 Å². The van der Waals surface area contributed by atoms with Crippen LogP contribution in [-0.2, 0) is 9.63 Å². The van der Waals surface area contributed by atoms with E-state index in [0.717, 1.165) is 12.8 Å². The van der Waals surface area contributed by atoms with Gasteiger partial charge in [-0.1, -0.05) is 0 Å². The number of benzene rings is 2. The van der Waals surface area contributed by atoms with Gasteiger partial charge in [0, 0.05) is 24.6 Å². The summed E-state index contributed by atoms with van der Waals surface area (Å²) in [6.07, 6.45) is 3.63. The third-order valence-electron chi connectivity index (χ3n) is 6.37. The molecule has 2 aliphatic rings. The summed E-state index contributed by atoms with van der Waals surface area (Å²) < 4.78 is 27.5. The zero-order valence-corrected chi connectivity index (χ0v) is 18.1. The number of amides is 1. The predicted octanol–water partition coefficient (Wildman–Crippen LogP) is 4.83. The largest absolute Gasteiger partial charge is 0.385 e. The molecule has 8 heteroatoms. The highest BCUT2D eigenvalue weighted by molar-refractivity contribution is 5.78. The van der Waals surface area contributed by atoms with E-state index in [2.05, 4.69) is 5.32 Å². The Bertz CT molecular complexity index is 1120. The number of nitriles is 2. The second kappa shape index (κ2) is 9.97. The molecule has 4 rings (SSSR count). The number of nitrogens with zero attached hydrogens (tertiary/aromatic N) is 3. The van der Waals surface area contributed by atoms with Crippen molar-refractivity contribution in [2.45, 2.75) is 38.1 Å². The maximum Gasteiger partial charge on any atom is 0.249 e. The van der Waals surface area contributed by atoms with Gasteiger partial charge in [-0.2, -0.15) is 10.5 Å². The summed E-state index contributed by atoms with van der Waals surface area (Å²) in [4.78, 5) is 18.8. The SMILES string of the molecule is N#Cc1cc(F)cc(NCC2CCC(C(=O)N3OCC[C@H]3c3cc(F)cc(C#N)c3)CC2)c1. The van der Waals surface area contributed by atoms with E-state index in [-0.39, 0.29) is 23.0 Å². The van der Waals surface area contributed by atoms with Crippen LogP contribution in [0, 0.1) is 46.1 Å². The van der Waals surface area contributed by atoms with Crippen molar-refractivity contribution in [2.75, 3.05) is 18.5 Å². The molecular weight excluding hydrogens is 426 g/mol. The van der Waals surface area contributed by atoms with Crippen molar-refractivity contribution < 1.29 is 18.4 Å². The van der Waals surface area contributed by atoms with Gasteiger partial charge in [0.2, 0.25) is 5.91 Å². The van der Waals surface area contributed by atoms with Crippen LogP contribution in [0.1, 0.15) is 54.8 Å². The van der Waals surface area contributed by atoms with Gasteiger partial charge in [0.05, 0.1) is 35.9 Å². The summed E-state index contributed by atoms with van der Waals surface area (Å²) in [6.45, 7) is 1.00. The number of rotatable bonds is 5. The van der Waals surface area contributed by atoms with E-state index in [9.17, 15) is 13.6 Å². The summed E-state index contributed by atoms with van der Waals surface area (Å²) in [6, 6.07) is 11.8. The first kappa shape index (κ1) is 22.7. The molecule has 0 bridgehead atoms. The van der Waals surface area contributed by atoms with Gasteiger partial charge in [-0.25, -0.2) is 13.8 Å². The first-order valence-electron chi connectivity index (χ1n) is 11.1. The standard InChI is InChI=1S/C25H24F2N4O2/c26-21-8-17(13-28)7-20(11-21)24-5-6-33-31(24)25(32)19-3-1-16(2-4-19)15-30-23-10-18(14-29)9-22(27)12-23/h7-12,16,19,24,30H,1-6,15H2/t16?,19?,24-/m0/s1. The molecule has 2 aromatic rings. The second-order valence-corrected chi connectivity index (χ2v) is 8.63. The highest BCUT2D eigenvalue weighted by Crippen LogP contribution is 2.36. The van der Waals surface area contributed by atoms with Gasteiger partial charge in [0.25, 0.3) is 0 Å². The van der Waals surface area contributed by atoms with E-state index in [0.29, 0.717) is 49.6 Å².